The van der Waals surface area contributed by atoms with Crippen molar-refractivity contribution in [3.05, 3.63) is 41.0 Å². The minimum absolute atomic E-state index is 0.133. The number of rotatable bonds is 3. The van der Waals surface area contributed by atoms with Crippen LogP contribution < -0.4 is 0 Å². The molecule has 0 aliphatic rings. The highest BCUT2D eigenvalue weighted by molar-refractivity contribution is 6.19. The van der Waals surface area contributed by atoms with Crippen molar-refractivity contribution in [3.8, 4) is 0 Å². The Kier molecular flexibility index (Phi) is 3.84. The molecule has 0 aliphatic carbocycles. The van der Waals surface area contributed by atoms with Gasteiger partial charge in [0, 0.05) is 5.57 Å². The van der Waals surface area contributed by atoms with Crippen LogP contribution in [-0.4, -0.2) is 5.78 Å². The summed E-state index contributed by atoms with van der Waals surface area (Å²) in [6.45, 7) is 7.75. The predicted octanol–water partition coefficient (Wildman–Crippen LogP) is 3.55. The van der Waals surface area contributed by atoms with Crippen LogP contribution in [-0.2, 0) is 11.2 Å². The van der Waals surface area contributed by atoms with Gasteiger partial charge in [0.05, 0.1) is 0 Å². The van der Waals surface area contributed by atoms with Gasteiger partial charge in [-0.25, -0.2) is 0 Å². The predicted molar refractivity (Wildman–Crippen MR) is 64.9 cm³/mol. The van der Waals surface area contributed by atoms with E-state index in [1.807, 2.05) is 25.1 Å². The molecule has 0 fully saturated rings. The van der Waals surface area contributed by atoms with Crippen LogP contribution in [0.3, 0.4) is 0 Å². The summed E-state index contributed by atoms with van der Waals surface area (Å²) in [5, 5.41) is 0. The summed E-state index contributed by atoms with van der Waals surface area (Å²) in [7, 11) is 0. The van der Waals surface area contributed by atoms with Crippen LogP contribution in [0.25, 0.3) is 5.57 Å². The van der Waals surface area contributed by atoms with Crippen molar-refractivity contribution in [3.63, 3.8) is 0 Å². The first-order valence-corrected chi connectivity index (χ1v) is 5.37. The fraction of sp³-hybridized carbons (Fsp3) is 0.357. The highest BCUT2D eigenvalue weighted by Gasteiger charge is 2.10. The summed E-state index contributed by atoms with van der Waals surface area (Å²) in [6.07, 6.45) is 2.90. The minimum Gasteiger partial charge on any atom is -0.295 e. The van der Waals surface area contributed by atoms with Gasteiger partial charge in [-0.1, -0.05) is 31.2 Å². The Morgan fingerprint density at radius 2 is 2.07 bits per heavy atom. The van der Waals surface area contributed by atoms with Gasteiger partial charge in [-0.3, -0.25) is 4.79 Å². The zero-order valence-electron chi connectivity index (χ0n) is 9.92. The maximum absolute atomic E-state index is 11.5. The van der Waals surface area contributed by atoms with E-state index in [-0.39, 0.29) is 5.78 Å². The molecule has 1 nitrogen and oxygen atoms in total. The standard InChI is InChI=1S/C14H18O/c1-5-12-8-7-9-14(10(12)3)13(6-2)11(4)15/h6-9H,5H2,1-4H3/b13-6-. The van der Waals surface area contributed by atoms with E-state index in [1.54, 1.807) is 6.92 Å². The Morgan fingerprint density at radius 1 is 1.40 bits per heavy atom. The van der Waals surface area contributed by atoms with Crippen molar-refractivity contribution >= 4 is 11.4 Å². The molecule has 0 aliphatic heterocycles. The smallest absolute Gasteiger partial charge is 0.160 e. The van der Waals surface area contributed by atoms with Gasteiger partial charge in [-0.05, 0) is 43.9 Å². The van der Waals surface area contributed by atoms with Gasteiger partial charge in [0.15, 0.2) is 5.78 Å². The first-order chi connectivity index (χ1) is 7.11. The van der Waals surface area contributed by atoms with E-state index in [4.69, 9.17) is 0 Å². The number of carbonyl (C=O) groups is 1. The third-order valence-electron chi connectivity index (χ3n) is 2.79. The third kappa shape index (κ3) is 2.35. The van der Waals surface area contributed by atoms with Gasteiger partial charge in [0.1, 0.15) is 0 Å². The SMILES string of the molecule is C/C=C(/C(C)=O)c1cccc(CC)c1C. The third-order valence-corrected chi connectivity index (χ3v) is 2.79. The molecule has 0 bridgehead atoms. The van der Waals surface area contributed by atoms with Crippen molar-refractivity contribution in [2.75, 3.05) is 0 Å². The van der Waals surface area contributed by atoms with Crippen LogP contribution in [0.15, 0.2) is 24.3 Å². The summed E-state index contributed by atoms with van der Waals surface area (Å²) in [5.41, 5.74) is 4.43. The number of ketones is 1. The van der Waals surface area contributed by atoms with Gasteiger partial charge < -0.3 is 0 Å². The number of benzene rings is 1. The van der Waals surface area contributed by atoms with Crippen molar-refractivity contribution in [1.29, 1.82) is 0 Å². The number of hydrogen-bond donors (Lipinski definition) is 0. The summed E-state index contributed by atoms with van der Waals surface area (Å²) in [5.74, 6) is 0.133. The van der Waals surface area contributed by atoms with Crippen molar-refractivity contribution in [1.82, 2.24) is 0 Å². The second-order valence-corrected chi connectivity index (χ2v) is 3.70. The molecular formula is C14H18O. The zero-order valence-corrected chi connectivity index (χ0v) is 9.92. The van der Waals surface area contributed by atoms with Gasteiger partial charge in [0.25, 0.3) is 0 Å². The lowest BCUT2D eigenvalue weighted by Gasteiger charge is -2.11. The number of aryl methyl sites for hydroxylation is 1. The summed E-state index contributed by atoms with van der Waals surface area (Å²) < 4.78 is 0. The van der Waals surface area contributed by atoms with Crippen LogP contribution >= 0.6 is 0 Å². The quantitative estimate of drug-likeness (QED) is 0.685. The molecule has 0 aromatic heterocycles. The average Bonchev–Trinajstić information content (AvgIpc) is 2.21. The van der Waals surface area contributed by atoms with Crippen LogP contribution in [0.2, 0.25) is 0 Å². The van der Waals surface area contributed by atoms with E-state index in [0.29, 0.717) is 0 Å². The molecule has 0 saturated carbocycles. The normalized spacial score (nSPS) is 11.6. The fourth-order valence-electron chi connectivity index (χ4n) is 1.91. The number of carbonyl (C=O) groups excluding carboxylic acids is 1. The molecule has 1 heteroatoms. The van der Waals surface area contributed by atoms with E-state index in [2.05, 4.69) is 19.9 Å². The molecule has 0 N–H and O–H groups in total. The number of hydrogen-bond acceptors (Lipinski definition) is 1. The van der Waals surface area contributed by atoms with Crippen molar-refractivity contribution in [2.24, 2.45) is 0 Å². The Balaban J connectivity index is 3.31. The Bertz CT molecular complexity index is 400. The molecule has 80 valence electrons. The van der Waals surface area contributed by atoms with Crippen LogP contribution in [0, 0.1) is 6.92 Å². The molecule has 0 radical (unpaired) electrons. The topological polar surface area (TPSA) is 17.1 Å². The van der Waals surface area contributed by atoms with Gasteiger partial charge >= 0.3 is 0 Å². The second kappa shape index (κ2) is 4.92. The molecule has 0 spiro atoms. The Hall–Kier alpha value is -1.37. The molecule has 1 aromatic rings. The first kappa shape index (κ1) is 11.7. The molecule has 0 saturated heterocycles. The zero-order chi connectivity index (χ0) is 11.4. The monoisotopic (exact) mass is 202 g/mol. The average molecular weight is 202 g/mol. The molecule has 0 amide bonds. The van der Waals surface area contributed by atoms with Gasteiger partial charge in [-0.2, -0.15) is 0 Å². The van der Waals surface area contributed by atoms with Crippen LogP contribution in [0.1, 0.15) is 37.5 Å². The van der Waals surface area contributed by atoms with Crippen LogP contribution in [0.4, 0.5) is 0 Å². The molecule has 0 heterocycles. The Morgan fingerprint density at radius 3 is 2.53 bits per heavy atom. The second-order valence-electron chi connectivity index (χ2n) is 3.70. The lowest BCUT2D eigenvalue weighted by atomic mass is 9.93. The number of allylic oxidation sites excluding steroid dienone is 2. The maximum Gasteiger partial charge on any atom is 0.160 e. The van der Waals surface area contributed by atoms with E-state index < -0.39 is 0 Å². The van der Waals surface area contributed by atoms with Crippen molar-refractivity contribution in [2.45, 2.75) is 34.1 Å². The highest BCUT2D eigenvalue weighted by Crippen LogP contribution is 2.22. The molecule has 1 rings (SSSR count). The lowest BCUT2D eigenvalue weighted by molar-refractivity contribution is -0.111. The van der Waals surface area contributed by atoms with Crippen molar-refractivity contribution < 1.29 is 4.79 Å². The fourth-order valence-corrected chi connectivity index (χ4v) is 1.91. The Labute approximate surface area is 91.8 Å². The largest absolute Gasteiger partial charge is 0.295 e. The first-order valence-electron chi connectivity index (χ1n) is 5.37. The van der Waals surface area contributed by atoms with E-state index in [9.17, 15) is 4.79 Å². The summed E-state index contributed by atoms with van der Waals surface area (Å²) in [6, 6.07) is 6.16. The van der Waals surface area contributed by atoms with Gasteiger partial charge in [0.2, 0.25) is 0 Å². The van der Waals surface area contributed by atoms with E-state index >= 15 is 0 Å². The minimum atomic E-state index is 0.133. The van der Waals surface area contributed by atoms with Crippen LogP contribution in [0.5, 0.6) is 0 Å². The molecular weight excluding hydrogens is 184 g/mol. The molecule has 0 unspecified atom stereocenters. The molecule has 15 heavy (non-hydrogen) atoms. The summed E-state index contributed by atoms with van der Waals surface area (Å²) >= 11 is 0. The number of Topliss-reactive ketones (excluding diaryl/α,β-unsaturated/α-hetero) is 1. The highest BCUT2D eigenvalue weighted by atomic mass is 16.1. The van der Waals surface area contributed by atoms with Gasteiger partial charge in [-0.15, -0.1) is 0 Å². The lowest BCUT2D eigenvalue weighted by Crippen LogP contribution is -2.00. The van der Waals surface area contributed by atoms with E-state index in [1.165, 1.54) is 11.1 Å². The van der Waals surface area contributed by atoms with E-state index in [0.717, 1.165) is 17.6 Å². The summed E-state index contributed by atoms with van der Waals surface area (Å²) in [4.78, 5) is 11.5. The molecule has 1 aromatic carbocycles. The maximum atomic E-state index is 11.5. The molecule has 0 atom stereocenters.